The number of rotatable bonds is 10. The molecule has 0 fully saturated rings. The van der Waals surface area contributed by atoms with Gasteiger partial charge in [0.15, 0.2) is 6.61 Å². The number of carboxylic acid groups (broad SMARTS) is 1. The van der Waals surface area contributed by atoms with Crippen LogP contribution in [0.15, 0.2) is 18.3 Å². The van der Waals surface area contributed by atoms with Crippen LogP contribution in [0.4, 0.5) is 17.6 Å². The van der Waals surface area contributed by atoms with E-state index in [0.29, 0.717) is 0 Å². The van der Waals surface area contributed by atoms with Gasteiger partial charge in [-0.3, -0.25) is 4.79 Å². The number of hydrogen-bond donors (Lipinski definition) is 2. The molecule has 1 aromatic heterocycles. The number of carboxylic acids is 1. The topological polar surface area (TPSA) is 97.8 Å². The number of alkyl halides is 4. The maximum atomic E-state index is 12.7. The zero-order valence-corrected chi connectivity index (χ0v) is 13.0. The number of carbonyl (C=O) groups is 2. The number of ether oxygens (including phenoxy) is 2. The average Bonchev–Trinajstić information content (AvgIpc) is 2.56. The van der Waals surface area contributed by atoms with Crippen molar-refractivity contribution in [2.24, 2.45) is 0 Å². The minimum absolute atomic E-state index is 0.0366. The SMILES string of the molecule is COCCC(NC(=O)c1ccc(OCC(F)(F)C(F)F)nc1)C(=O)O. The summed E-state index contributed by atoms with van der Waals surface area (Å²) in [6, 6.07) is 0.975. The maximum absolute atomic E-state index is 12.7. The van der Waals surface area contributed by atoms with Gasteiger partial charge in [-0.15, -0.1) is 0 Å². The highest BCUT2D eigenvalue weighted by Crippen LogP contribution is 2.23. The summed E-state index contributed by atoms with van der Waals surface area (Å²) < 4.78 is 58.7. The standard InChI is InChI=1S/C14H16F4N2O5/c1-24-5-4-9(12(22)23)20-11(21)8-2-3-10(19-6-8)25-7-14(17,18)13(15)16/h2-3,6,9,13H,4-5,7H2,1H3,(H,20,21)(H,22,23). The van der Waals surface area contributed by atoms with Gasteiger partial charge in [0, 0.05) is 32.4 Å². The lowest BCUT2D eigenvalue weighted by molar-refractivity contribution is -0.148. The normalized spacial score (nSPS) is 12.7. The van der Waals surface area contributed by atoms with Gasteiger partial charge in [0.1, 0.15) is 6.04 Å². The van der Waals surface area contributed by atoms with Crippen LogP contribution in [0.2, 0.25) is 0 Å². The number of halogens is 4. The second-order valence-corrected chi connectivity index (χ2v) is 4.88. The highest BCUT2D eigenvalue weighted by Gasteiger charge is 2.41. The molecule has 1 rings (SSSR count). The highest BCUT2D eigenvalue weighted by atomic mass is 19.3. The Kier molecular flexibility index (Phi) is 7.55. The Morgan fingerprint density at radius 1 is 1.36 bits per heavy atom. The van der Waals surface area contributed by atoms with Gasteiger partial charge in [0.05, 0.1) is 5.56 Å². The quantitative estimate of drug-likeness (QED) is 0.609. The Labute approximate surface area is 139 Å². The first-order chi connectivity index (χ1) is 11.7. The Morgan fingerprint density at radius 2 is 2.04 bits per heavy atom. The molecule has 0 bridgehead atoms. The lowest BCUT2D eigenvalue weighted by atomic mass is 10.2. The molecule has 0 aliphatic rings. The van der Waals surface area contributed by atoms with E-state index in [9.17, 15) is 27.2 Å². The number of pyridine rings is 1. The number of aliphatic carboxylic acids is 1. The molecule has 0 aromatic carbocycles. The lowest BCUT2D eigenvalue weighted by Gasteiger charge is -2.16. The van der Waals surface area contributed by atoms with Gasteiger partial charge < -0.3 is 19.9 Å². The van der Waals surface area contributed by atoms with Crippen LogP contribution in [0.1, 0.15) is 16.8 Å². The molecule has 1 heterocycles. The third-order valence-corrected chi connectivity index (χ3v) is 2.94. The molecule has 0 aliphatic heterocycles. The van der Waals surface area contributed by atoms with E-state index in [0.717, 1.165) is 18.3 Å². The van der Waals surface area contributed by atoms with Gasteiger partial charge in [-0.05, 0) is 6.07 Å². The fraction of sp³-hybridized carbons (Fsp3) is 0.500. The molecule has 2 N–H and O–H groups in total. The van der Waals surface area contributed by atoms with Crippen molar-refractivity contribution in [1.29, 1.82) is 0 Å². The van der Waals surface area contributed by atoms with Gasteiger partial charge in [-0.2, -0.15) is 8.78 Å². The molecular weight excluding hydrogens is 352 g/mol. The third-order valence-electron chi connectivity index (χ3n) is 2.94. The average molecular weight is 368 g/mol. The zero-order chi connectivity index (χ0) is 19.0. The largest absolute Gasteiger partial charge is 0.480 e. The number of aromatic nitrogens is 1. The van der Waals surface area contributed by atoms with Gasteiger partial charge >= 0.3 is 18.3 Å². The van der Waals surface area contributed by atoms with Crippen molar-refractivity contribution in [3.63, 3.8) is 0 Å². The summed E-state index contributed by atoms with van der Waals surface area (Å²) in [7, 11) is 1.38. The van der Waals surface area contributed by atoms with Crippen LogP contribution in [0.3, 0.4) is 0 Å². The number of hydrogen-bond acceptors (Lipinski definition) is 5. The number of amides is 1. The summed E-state index contributed by atoms with van der Waals surface area (Å²) in [4.78, 5) is 26.5. The van der Waals surface area contributed by atoms with Crippen molar-refractivity contribution < 1.29 is 41.7 Å². The first-order valence-corrected chi connectivity index (χ1v) is 6.94. The molecule has 0 radical (unpaired) electrons. The van der Waals surface area contributed by atoms with E-state index in [1.807, 2.05) is 0 Å². The third kappa shape index (κ3) is 6.53. The number of carbonyl (C=O) groups excluding carboxylic acids is 1. The summed E-state index contributed by atoms with van der Waals surface area (Å²) in [5.41, 5.74) is -0.0587. The predicted molar refractivity (Wildman–Crippen MR) is 76.1 cm³/mol. The van der Waals surface area contributed by atoms with Crippen molar-refractivity contribution in [2.75, 3.05) is 20.3 Å². The number of nitrogens with zero attached hydrogens (tertiary/aromatic N) is 1. The van der Waals surface area contributed by atoms with Crippen LogP contribution in [-0.4, -0.2) is 60.7 Å². The van der Waals surface area contributed by atoms with Gasteiger partial charge in [-0.1, -0.05) is 0 Å². The maximum Gasteiger partial charge on any atom is 0.340 e. The molecule has 0 spiro atoms. The van der Waals surface area contributed by atoms with Crippen molar-refractivity contribution in [1.82, 2.24) is 10.3 Å². The van der Waals surface area contributed by atoms with Crippen molar-refractivity contribution >= 4 is 11.9 Å². The Balaban J connectivity index is 2.65. The van der Waals surface area contributed by atoms with Gasteiger partial charge in [0.25, 0.3) is 5.91 Å². The summed E-state index contributed by atoms with van der Waals surface area (Å²) in [6.07, 6.45) is -2.90. The predicted octanol–water partition coefficient (Wildman–Crippen LogP) is 1.58. The second kappa shape index (κ2) is 9.16. The molecule has 7 nitrogen and oxygen atoms in total. The second-order valence-electron chi connectivity index (χ2n) is 4.88. The van der Waals surface area contributed by atoms with E-state index < -0.39 is 36.9 Å². The molecule has 11 heteroatoms. The molecule has 1 aromatic rings. The smallest absolute Gasteiger partial charge is 0.340 e. The van der Waals surface area contributed by atoms with E-state index in [-0.39, 0.29) is 24.5 Å². The van der Waals surface area contributed by atoms with E-state index in [1.54, 1.807) is 0 Å². The van der Waals surface area contributed by atoms with Crippen molar-refractivity contribution in [3.05, 3.63) is 23.9 Å². The van der Waals surface area contributed by atoms with Crippen molar-refractivity contribution in [3.8, 4) is 5.88 Å². The minimum atomic E-state index is -4.33. The summed E-state index contributed by atoms with van der Waals surface area (Å²) in [5.74, 6) is -6.73. The van der Waals surface area contributed by atoms with Crippen molar-refractivity contribution in [2.45, 2.75) is 24.8 Å². The molecule has 140 valence electrons. The number of nitrogens with one attached hydrogen (secondary N) is 1. The number of methoxy groups -OCH3 is 1. The summed E-state index contributed by atoms with van der Waals surface area (Å²) in [6.45, 7) is -1.46. The monoisotopic (exact) mass is 368 g/mol. The molecule has 0 aliphatic carbocycles. The molecular formula is C14H16F4N2O5. The Hall–Kier alpha value is -2.43. The molecule has 1 atom stereocenters. The molecule has 1 amide bonds. The van der Waals surface area contributed by atoms with E-state index in [4.69, 9.17) is 9.84 Å². The Morgan fingerprint density at radius 3 is 2.52 bits per heavy atom. The lowest BCUT2D eigenvalue weighted by Crippen LogP contribution is -2.41. The zero-order valence-electron chi connectivity index (χ0n) is 13.0. The van der Waals surface area contributed by atoms with E-state index in [1.165, 1.54) is 7.11 Å². The fourth-order valence-electron chi connectivity index (χ4n) is 1.57. The fourth-order valence-corrected chi connectivity index (χ4v) is 1.57. The van der Waals surface area contributed by atoms with Crippen LogP contribution >= 0.6 is 0 Å². The summed E-state index contributed by atoms with van der Waals surface area (Å²) in [5, 5.41) is 11.2. The van der Waals surface area contributed by atoms with E-state index >= 15 is 0 Å². The molecule has 1 unspecified atom stereocenters. The molecule has 25 heavy (non-hydrogen) atoms. The Bertz CT molecular complexity index is 583. The van der Waals surface area contributed by atoms with Crippen LogP contribution in [0, 0.1) is 0 Å². The van der Waals surface area contributed by atoms with Crippen LogP contribution in [-0.2, 0) is 9.53 Å². The highest BCUT2D eigenvalue weighted by molar-refractivity contribution is 5.96. The van der Waals surface area contributed by atoms with Crippen LogP contribution < -0.4 is 10.1 Å². The van der Waals surface area contributed by atoms with E-state index in [2.05, 4.69) is 15.0 Å². The first-order valence-electron chi connectivity index (χ1n) is 6.94. The van der Waals surface area contributed by atoms with Gasteiger partial charge in [0.2, 0.25) is 5.88 Å². The molecule has 0 saturated heterocycles. The molecule has 0 saturated carbocycles. The van der Waals surface area contributed by atoms with Crippen LogP contribution in [0.25, 0.3) is 0 Å². The van der Waals surface area contributed by atoms with Gasteiger partial charge in [-0.25, -0.2) is 18.6 Å². The van der Waals surface area contributed by atoms with Crippen LogP contribution in [0.5, 0.6) is 5.88 Å². The first kappa shape index (κ1) is 20.6. The minimum Gasteiger partial charge on any atom is -0.480 e. The summed E-state index contributed by atoms with van der Waals surface area (Å²) >= 11 is 0.